The lowest BCUT2D eigenvalue weighted by molar-refractivity contribution is -0.110. The molecule has 1 aromatic carbocycles. The molecular weight excluding hydrogens is 284 g/mol. The largest absolute Gasteiger partial charge is 0.359 e. The van der Waals surface area contributed by atoms with Crippen LogP contribution in [-0.4, -0.2) is 10.9 Å². The van der Waals surface area contributed by atoms with E-state index in [1.807, 2.05) is 12.1 Å². The molecule has 0 radical (unpaired) electrons. The summed E-state index contributed by atoms with van der Waals surface area (Å²) in [4.78, 5) is 15.9. The molecule has 2 aliphatic rings. The van der Waals surface area contributed by atoms with Crippen LogP contribution in [0.15, 0.2) is 24.3 Å². The number of hydrogen-bond donors (Lipinski definition) is 2. The van der Waals surface area contributed by atoms with Crippen molar-refractivity contribution in [3.05, 3.63) is 52.3 Å². The first-order chi connectivity index (χ1) is 11.2. The molecule has 1 unspecified atom stereocenters. The van der Waals surface area contributed by atoms with E-state index in [4.69, 9.17) is 0 Å². The number of anilines is 1. The fraction of sp³-hybridized carbons (Fsp3) is 0.350. The molecule has 1 aliphatic heterocycles. The van der Waals surface area contributed by atoms with Gasteiger partial charge >= 0.3 is 0 Å². The van der Waals surface area contributed by atoms with Crippen LogP contribution in [-0.2, 0) is 17.6 Å². The highest BCUT2D eigenvalue weighted by molar-refractivity contribution is 6.34. The monoisotopic (exact) mass is 306 g/mol. The normalized spacial score (nSPS) is 21.2. The second-order valence-electron chi connectivity index (χ2n) is 6.70. The first kappa shape index (κ1) is 14.3. The van der Waals surface area contributed by atoms with Crippen LogP contribution in [0.1, 0.15) is 60.7 Å². The van der Waals surface area contributed by atoms with Crippen molar-refractivity contribution in [3.8, 4) is 0 Å². The van der Waals surface area contributed by atoms with E-state index in [0.717, 1.165) is 35.4 Å². The fourth-order valence-electron chi connectivity index (χ4n) is 3.76. The topological polar surface area (TPSA) is 44.9 Å². The Bertz CT molecular complexity index is 813. The highest BCUT2D eigenvalue weighted by atomic mass is 16.2. The second kappa shape index (κ2) is 5.41. The zero-order valence-corrected chi connectivity index (χ0v) is 13.7. The van der Waals surface area contributed by atoms with Gasteiger partial charge in [-0.3, -0.25) is 4.79 Å². The number of carbonyl (C=O) groups excluding carboxylic acids is 1. The molecule has 0 saturated carbocycles. The zero-order valence-electron chi connectivity index (χ0n) is 13.7. The third-order valence-electron chi connectivity index (χ3n) is 5.12. The number of hydrogen-bond acceptors (Lipinski definition) is 1. The van der Waals surface area contributed by atoms with E-state index in [-0.39, 0.29) is 5.91 Å². The van der Waals surface area contributed by atoms with Gasteiger partial charge < -0.3 is 10.3 Å². The average Bonchev–Trinajstić information content (AvgIpc) is 3.09. The van der Waals surface area contributed by atoms with Crippen LogP contribution in [0.4, 0.5) is 5.69 Å². The zero-order chi connectivity index (χ0) is 16.0. The molecule has 1 amide bonds. The molecule has 3 nitrogen and oxygen atoms in total. The van der Waals surface area contributed by atoms with Crippen LogP contribution in [0.3, 0.4) is 0 Å². The van der Waals surface area contributed by atoms with E-state index >= 15 is 0 Å². The quantitative estimate of drug-likeness (QED) is 0.788. The maximum atomic E-state index is 12.3. The van der Waals surface area contributed by atoms with Crippen molar-refractivity contribution < 1.29 is 4.79 Å². The Hall–Kier alpha value is -2.29. The maximum Gasteiger partial charge on any atom is 0.256 e. The minimum Gasteiger partial charge on any atom is -0.359 e. The summed E-state index contributed by atoms with van der Waals surface area (Å²) in [7, 11) is 0. The van der Waals surface area contributed by atoms with Gasteiger partial charge in [0, 0.05) is 22.6 Å². The van der Waals surface area contributed by atoms with Crippen molar-refractivity contribution in [2.75, 3.05) is 5.32 Å². The van der Waals surface area contributed by atoms with Gasteiger partial charge in [-0.2, -0.15) is 0 Å². The summed E-state index contributed by atoms with van der Waals surface area (Å²) in [5.74, 6) is 0.604. The van der Waals surface area contributed by atoms with Crippen LogP contribution in [0.25, 0.3) is 11.6 Å². The molecule has 4 rings (SSSR count). The van der Waals surface area contributed by atoms with Crippen molar-refractivity contribution >= 4 is 23.2 Å². The van der Waals surface area contributed by atoms with Gasteiger partial charge in [0.15, 0.2) is 0 Å². The average molecular weight is 306 g/mol. The SMILES string of the molecule is CCc1ccc2c(c1)C(=Cc1cc3c([nH]1)CCCC3C)C(=O)N2. The summed E-state index contributed by atoms with van der Waals surface area (Å²) in [5, 5.41) is 2.97. The summed E-state index contributed by atoms with van der Waals surface area (Å²) in [6.07, 6.45) is 6.60. The number of fused-ring (bicyclic) bond motifs is 2. The number of benzene rings is 1. The number of aromatic nitrogens is 1. The van der Waals surface area contributed by atoms with E-state index in [1.54, 1.807) is 0 Å². The van der Waals surface area contributed by atoms with Crippen LogP contribution in [0, 0.1) is 0 Å². The molecule has 1 aliphatic carbocycles. The summed E-state index contributed by atoms with van der Waals surface area (Å²) >= 11 is 0. The minimum absolute atomic E-state index is 0.00567. The molecule has 0 bridgehead atoms. The lowest BCUT2D eigenvalue weighted by Crippen LogP contribution is -2.04. The van der Waals surface area contributed by atoms with Crippen molar-refractivity contribution in [1.29, 1.82) is 0 Å². The van der Waals surface area contributed by atoms with E-state index in [9.17, 15) is 4.79 Å². The molecule has 2 aromatic rings. The Morgan fingerprint density at radius 2 is 2.17 bits per heavy atom. The predicted octanol–water partition coefficient (Wildman–Crippen LogP) is 4.51. The Labute approximate surface area is 136 Å². The lowest BCUT2D eigenvalue weighted by atomic mass is 9.88. The van der Waals surface area contributed by atoms with Crippen molar-refractivity contribution in [1.82, 2.24) is 4.98 Å². The van der Waals surface area contributed by atoms with E-state index in [1.165, 1.54) is 29.7 Å². The molecule has 23 heavy (non-hydrogen) atoms. The first-order valence-electron chi connectivity index (χ1n) is 8.54. The molecule has 1 atom stereocenters. The standard InChI is InChI=1S/C20H22N2O/c1-3-13-7-8-19-16(9-13)17(20(23)22-19)11-14-10-15-12(2)5-4-6-18(15)21-14/h7-12,21H,3-6H2,1-2H3,(H,22,23). The van der Waals surface area contributed by atoms with Crippen LogP contribution in [0.5, 0.6) is 0 Å². The molecule has 3 heteroatoms. The van der Waals surface area contributed by atoms with Gasteiger partial charge in [0.25, 0.3) is 5.91 Å². The fourth-order valence-corrected chi connectivity index (χ4v) is 3.76. The van der Waals surface area contributed by atoms with Gasteiger partial charge in [-0.25, -0.2) is 0 Å². The van der Waals surface area contributed by atoms with Gasteiger partial charge in [0.1, 0.15) is 0 Å². The van der Waals surface area contributed by atoms with Gasteiger partial charge in [-0.1, -0.05) is 19.9 Å². The smallest absolute Gasteiger partial charge is 0.256 e. The van der Waals surface area contributed by atoms with Gasteiger partial charge in [0.05, 0.1) is 5.57 Å². The summed E-state index contributed by atoms with van der Waals surface area (Å²) in [6.45, 7) is 4.42. The van der Waals surface area contributed by atoms with E-state index in [0.29, 0.717) is 5.92 Å². The second-order valence-corrected chi connectivity index (χ2v) is 6.70. The van der Waals surface area contributed by atoms with Crippen molar-refractivity contribution in [2.45, 2.75) is 45.4 Å². The molecule has 118 valence electrons. The Morgan fingerprint density at radius 3 is 2.96 bits per heavy atom. The maximum absolute atomic E-state index is 12.3. The number of rotatable bonds is 2. The molecule has 1 aromatic heterocycles. The Kier molecular flexibility index (Phi) is 3.37. The predicted molar refractivity (Wildman–Crippen MR) is 94.5 cm³/mol. The summed E-state index contributed by atoms with van der Waals surface area (Å²) in [5.41, 5.74) is 7.77. The number of aromatic amines is 1. The van der Waals surface area contributed by atoms with Gasteiger partial charge in [-0.15, -0.1) is 0 Å². The van der Waals surface area contributed by atoms with Gasteiger partial charge in [-0.05, 0) is 67.0 Å². The van der Waals surface area contributed by atoms with Crippen LogP contribution >= 0.6 is 0 Å². The van der Waals surface area contributed by atoms with E-state index in [2.05, 4.69) is 42.3 Å². The van der Waals surface area contributed by atoms with E-state index < -0.39 is 0 Å². The number of H-pyrrole nitrogens is 1. The minimum atomic E-state index is -0.00567. The molecule has 0 fully saturated rings. The summed E-state index contributed by atoms with van der Waals surface area (Å²) < 4.78 is 0. The van der Waals surface area contributed by atoms with Crippen molar-refractivity contribution in [3.63, 3.8) is 0 Å². The number of nitrogens with one attached hydrogen (secondary N) is 2. The number of carbonyl (C=O) groups is 1. The Morgan fingerprint density at radius 1 is 1.30 bits per heavy atom. The van der Waals surface area contributed by atoms with Gasteiger partial charge in [0.2, 0.25) is 0 Å². The third-order valence-corrected chi connectivity index (χ3v) is 5.12. The molecule has 2 N–H and O–H groups in total. The van der Waals surface area contributed by atoms with Crippen molar-refractivity contribution in [2.24, 2.45) is 0 Å². The highest BCUT2D eigenvalue weighted by Gasteiger charge is 2.25. The highest BCUT2D eigenvalue weighted by Crippen LogP contribution is 2.36. The summed E-state index contributed by atoms with van der Waals surface area (Å²) in [6, 6.07) is 8.44. The molecule has 0 spiro atoms. The number of aryl methyl sites for hydroxylation is 2. The Balaban J connectivity index is 1.76. The number of amides is 1. The molecular formula is C20H22N2O. The third kappa shape index (κ3) is 2.40. The first-order valence-corrected chi connectivity index (χ1v) is 8.54. The van der Waals surface area contributed by atoms with Crippen LogP contribution in [0.2, 0.25) is 0 Å². The molecule has 0 saturated heterocycles. The molecule has 2 heterocycles. The van der Waals surface area contributed by atoms with Crippen LogP contribution < -0.4 is 5.32 Å². The lowest BCUT2D eigenvalue weighted by Gasteiger charge is -2.17.